The van der Waals surface area contributed by atoms with Gasteiger partial charge in [-0.1, -0.05) is 0 Å². The van der Waals surface area contributed by atoms with E-state index in [2.05, 4.69) is 10.6 Å². The summed E-state index contributed by atoms with van der Waals surface area (Å²) in [7, 11) is 0. The maximum absolute atomic E-state index is 11.2. The molecule has 0 bridgehead atoms. The Balaban J connectivity index is 1.82. The highest BCUT2D eigenvalue weighted by Gasteiger charge is 2.25. The molecule has 1 fully saturated rings. The molecule has 4 nitrogen and oxygen atoms in total. The average Bonchev–Trinajstić information content (AvgIpc) is 2.67. The van der Waals surface area contributed by atoms with E-state index in [1.165, 1.54) is 0 Å². The van der Waals surface area contributed by atoms with Crippen molar-refractivity contribution in [2.75, 3.05) is 6.67 Å². The zero-order valence-corrected chi connectivity index (χ0v) is 6.21. The topological polar surface area (TPSA) is 44.4 Å². The minimum atomic E-state index is 0.00810. The summed E-state index contributed by atoms with van der Waals surface area (Å²) >= 11 is 0. The molecule has 0 atom stereocenters. The quantitative estimate of drug-likeness (QED) is 0.565. The van der Waals surface area contributed by atoms with E-state index < -0.39 is 0 Å². The fourth-order valence-corrected chi connectivity index (χ4v) is 0.971. The first-order chi connectivity index (χ1) is 5.36. The number of urea groups is 1. The van der Waals surface area contributed by atoms with Gasteiger partial charge < -0.3 is 10.6 Å². The number of amides is 2. The van der Waals surface area contributed by atoms with Crippen LogP contribution in [0.2, 0.25) is 0 Å². The molecule has 0 aromatic rings. The van der Waals surface area contributed by atoms with E-state index in [1.807, 2.05) is 0 Å². The predicted molar refractivity (Wildman–Crippen MR) is 40.5 cm³/mol. The molecule has 1 saturated carbocycles. The largest absolute Gasteiger partial charge is 0.372 e. The number of hydrogen-bond acceptors (Lipinski definition) is 2. The molecule has 0 unspecified atom stereocenters. The third-order valence-electron chi connectivity index (χ3n) is 1.80. The Morgan fingerprint density at radius 2 is 2.45 bits per heavy atom. The van der Waals surface area contributed by atoms with Crippen LogP contribution in [0.15, 0.2) is 12.4 Å². The van der Waals surface area contributed by atoms with Crippen LogP contribution >= 0.6 is 0 Å². The van der Waals surface area contributed by atoms with E-state index in [0.29, 0.717) is 12.7 Å². The Morgan fingerprint density at radius 1 is 1.64 bits per heavy atom. The van der Waals surface area contributed by atoms with Crippen molar-refractivity contribution in [3.8, 4) is 0 Å². The standard InChI is InChI=1S/C7H11N3O/c11-7(9-6-1-2-6)10-4-3-8-5-10/h3-4,6,8H,1-2,5H2,(H,9,11). The van der Waals surface area contributed by atoms with E-state index in [-0.39, 0.29) is 6.03 Å². The van der Waals surface area contributed by atoms with Crippen molar-refractivity contribution >= 4 is 6.03 Å². The monoisotopic (exact) mass is 153 g/mol. The van der Waals surface area contributed by atoms with E-state index in [4.69, 9.17) is 0 Å². The van der Waals surface area contributed by atoms with Crippen molar-refractivity contribution in [2.24, 2.45) is 0 Å². The summed E-state index contributed by atoms with van der Waals surface area (Å²) in [6.45, 7) is 0.596. The highest BCUT2D eigenvalue weighted by atomic mass is 16.2. The van der Waals surface area contributed by atoms with Gasteiger partial charge in [-0.3, -0.25) is 4.90 Å². The smallest absolute Gasteiger partial charge is 0.323 e. The summed E-state index contributed by atoms with van der Waals surface area (Å²) in [5.74, 6) is 0. The highest BCUT2D eigenvalue weighted by Crippen LogP contribution is 2.18. The van der Waals surface area contributed by atoms with Gasteiger partial charge in [-0.2, -0.15) is 0 Å². The molecule has 1 aliphatic heterocycles. The normalized spacial score (nSPS) is 21.6. The minimum absolute atomic E-state index is 0.00810. The van der Waals surface area contributed by atoms with Gasteiger partial charge in [-0.05, 0) is 12.8 Å². The molecule has 2 rings (SSSR count). The van der Waals surface area contributed by atoms with Crippen LogP contribution in [-0.4, -0.2) is 23.6 Å². The van der Waals surface area contributed by atoms with Gasteiger partial charge in [0.25, 0.3) is 0 Å². The van der Waals surface area contributed by atoms with Crippen LogP contribution in [0.3, 0.4) is 0 Å². The predicted octanol–water partition coefficient (Wildman–Crippen LogP) is 0.192. The van der Waals surface area contributed by atoms with Crippen LogP contribution in [0.25, 0.3) is 0 Å². The third-order valence-corrected chi connectivity index (χ3v) is 1.80. The summed E-state index contributed by atoms with van der Waals surface area (Å²) in [5, 5.41) is 5.82. The molecule has 1 heterocycles. The Labute approximate surface area is 65.2 Å². The fraction of sp³-hybridized carbons (Fsp3) is 0.571. The third kappa shape index (κ3) is 1.45. The van der Waals surface area contributed by atoms with Crippen LogP contribution in [0, 0.1) is 0 Å². The molecule has 2 aliphatic rings. The number of carbonyl (C=O) groups excluding carboxylic acids is 1. The molecular formula is C7H11N3O. The Hall–Kier alpha value is -1.19. The number of rotatable bonds is 1. The SMILES string of the molecule is O=C(NC1CC1)N1C=CNC1. The molecular weight excluding hydrogens is 142 g/mol. The van der Waals surface area contributed by atoms with Gasteiger partial charge in [0.15, 0.2) is 0 Å². The van der Waals surface area contributed by atoms with Crippen LogP contribution < -0.4 is 10.6 Å². The van der Waals surface area contributed by atoms with E-state index >= 15 is 0 Å². The molecule has 2 amide bonds. The van der Waals surface area contributed by atoms with Gasteiger partial charge in [-0.25, -0.2) is 4.79 Å². The van der Waals surface area contributed by atoms with Crippen molar-refractivity contribution in [3.63, 3.8) is 0 Å². The summed E-state index contributed by atoms with van der Waals surface area (Å²) in [6.07, 6.45) is 5.79. The number of nitrogens with one attached hydrogen (secondary N) is 2. The van der Waals surface area contributed by atoms with Gasteiger partial charge >= 0.3 is 6.03 Å². The van der Waals surface area contributed by atoms with Crippen molar-refractivity contribution in [1.29, 1.82) is 0 Å². The Morgan fingerprint density at radius 3 is 3.00 bits per heavy atom. The van der Waals surface area contributed by atoms with E-state index in [0.717, 1.165) is 12.8 Å². The molecule has 0 aromatic carbocycles. The molecule has 0 saturated heterocycles. The van der Waals surface area contributed by atoms with Crippen LogP contribution in [0.4, 0.5) is 4.79 Å². The first-order valence-electron chi connectivity index (χ1n) is 3.83. The summed E-state index contributed by atoms with van der Waals surface area (Å²) in [4.78, 5) is 12.8. The van der Waals surface area contributed by atoms with Gasteiger partial charge in [0, 0.05) is 18.4 Å². The molecule has 4 heteroatoms. The highest BCUT2D eigenvalue weighted by molar-refractivity contribution is 5.76. The summed E-state index contributed by atoms with van der Waals surface area (Å²) < 4.78 is 0. The lowest BCUT2D eigenvalue weighted by molar-refractivity contribution is 0.216. The first kappa shape index (κ1) is 6.52. The molecule has 60 valence electrons. The van der Waals surface area contributed by atoms with Crippen LogP contribution in [0.5, 0.6) is 0 Å². The molecule has 1 aliphatic carbocycles. The number of hydrogen-bond donors (Lipinski definition) is 2. The van der Waals surface area contributed by atoms with Gasteiger partial charge in [-0.15, -0.1) is 0 Å². The van der Waals surface area contributed by atoms with Gasteiger partial charge in [0.05, 0.1) is 6.67 Å². The minimum Gasteiger partial charge on any atom is -0.372 e. The molecule has 0 spiro atoms. The Bertz CT molecular complexity index is 198. The van der Waals surface area contributed by atoms with Gasteiger partial charge in [0.1, 0.15) is 0 Å². The molecule has 0 aromatic heterocycles. The Kier molecular flexibility index (Phi) is 1.45. The number of carbonyl (C=O) groups is 1. The fourth-order valence-electron chi connectivity index (χ4n) is 0.971. The lowest BCUT2D eigenvalue weighted by atomic mass is 10.6. The second-order valence-corrected chi connectivity index (χ2v) is 2.87. The van der Waals surface area contributed by atoms with Crippen molar-refractivity contribution in [2.45, 2.75) is 18.9 Å². The summed E-state index contributed by atoms with van der Waals surface area (Å²) in [5.41, 5.74) is 0. The average molecular weight is 153 g/mol. The lowest BCUT2D eigenvalue weighted by Gasteiger charge is -2.12. The van der Waals surface area contributed by atoms with Crippen molar-refractivity contribution < 1.29 is 4.79 Å². The van der Waals surface area contributed by atoms with Crippen molar-refractivity contribution in [1.82, 2.24) is 15.5 Å². The van der Waals surface area contributed by atoms with Crippen LogP contribution in [0.1, 0.15) is 12.8 Å². The molecule has 11 heavy (non-hydrogen) atoms. The molecule has 0 radical (unpaired) electrons. The number of nitrogens with zero attached hydrogens (tertiary/aromatic N) is 1. The first-order valence-corrected chi connectivity index (χ1v) is 3.83. The second-order valence-electron chi connectivity index (χ2n) is 2.87. The second kappa shape index (κ2) is 2.45. The lowest BCUT2D eigenvalue weighted by Crippen LogP contribution is -2.38. The zero-order valence-electron chi connectivity index (χ0n) is 6.21. The van der Waals surface area contributed by atoms with Crippen molar-refractivity contribution in [3.05, 3.63) is 12.4 Å². The van der Waals surface area contributed by atoms with Gasteiger partial charge in [0.2, 0.25) is 0 Å². The van der Waals surface area contributed by atoms with Crippen LogP contribution in [-0.2, 0) is 0 Å². The maximum Gasteiger partial charge on any atom is 0.323 e. The van der Waals surface area contributed by atoms with E-state index in [1.54, 1.807) is 17.3 Å². The summed E-state index contributed by atoms with van der Waals surface area (Å²) in [6, 6.07) is 0.449. The molecule has 2 N–H and O–H groups in total. The zero-order chi connectivity index (χ0) is 7.68. The van der Waals surface area contributed by atoms with E-state index in [9.17, 15) is 4.79 Å². The maximum atomic E-state index is 11.2.